The summed E-state index contributed by atoms with van der Waals surface area (Å²) in [5, 5.41) is 0. The van der Waals surface area contributed by atoms with E-state index in [2.05, 4.69) is 20.8 Å². The Morgan fingerprint density at radius 2 is 0.889 bits per heavy atom. The highest BCUT2D eigenvalue weighted by Gasteiger charge is 2.19. The fourth-order valence-corrected chi connectivity index (χ4v) is 2.35. The predicted octanol–water partition coefficient (Wildman–Crippen LogP) is 3.08. The van der Waals surface area contributed by atoms with E-state index in [1.165, 1.54) is 19.3 Å². The number of hydrogen-bond donors (Lipinski definition) is 0. The third kappa shape index (κ3) is 2.00. The largest absolute Gasteiger partial charge is 0.0625 e. The van der Waals surface area contributed by atoms with Gasteiger partial charge in [0.15, 0.2) is 0 Å². The molecule has 1 aliphatic carbocycles. The molecule has 0 heteroatoms. The van der Waals surface area contributed by atoms with Crippen molar-refractivity contribution in [1.29, 1.82) is 0 Å². The van der Waals surface area contributed by atoms with Crippen LogP contribution in [0.25, 0.3) is 0 Å². The van der Waals surface area contributed by atoms with Crippen LogP contribution in [0.2, 0.25) is 0 Å². The molecule has 0 N–H and O–H groups in total. The Balaban J connectivity index is 2.34. The normalized spacial score (nSPS) is 45.0. The van der Waals surface area contributed by atoms with Crippen LogP contribution in [-0.4, -0.2) is 0 Å². The molecule has 54 valence electrons. The number of rotatable bonds is 0. The third-order valence-electron chi connectivity index (χ3n) is 2.41. The lowest BCUT2D eigenvalue weighted by Crippen LogP contribution is -2.16. The zero-order chi connectivity index (χ0) is 6.85. The SMILES string of the molecule is CC1C[C@H](C)C[C@H](C)C1. The van der Waals surface area contributed by atoms with E-state index < -0.39 is 0 Å². The first kappa shape index (κ1) is 7.11. The van der Waals surface area contributed by atoms with Crippen molar-refractivity contribution in [3.05, 3.63) is 0 Å². The Morgan fingerprint density at radius 3 is 1.11 bits per heavy atom. The summed E-state index contributed by atoms with van der Waals surface area (Å²) in [7, 11) is 0. The molecule has 0 heterocycles. The second-order valence-corrected chi connectivity index (χ2v) is 4.02. The van der Waals surface area contributed by atoms with E-state index >= 15 is 0 Å². The monoisotopic (exact) mass is 126 g/mol. The lowest BCUT2D eigenvalue weighted by atomic mass is 9.78. The summed E-state index contributed by atoms with van der Waals surface area (Å²) < 4.78 is 0. The molecule has 1 rings (SSSR count). The molecule has 0 aromatic heterocycles. The molecular weight excluding hydrogens is 108 g/mol. The number of hydrogen-bond acceptors (Lipinski definition) is 0. The Labute approximate surface area is 58.7 Å². The van der Waals surface area contributed by atoms with Crippen LogP contribution < -0.4 is 0 Å². The Hall–Kier alpha value is 0. The van der Waals surface area contributed by atoms with Crippen molar-refractivity contribution in [2.45, 2.75) is 40.0 Å². The van der Waals surface area contributed by atoms with Crippen LogP contribution in [0.1, 0.15) is 40.0 Å². The van der Waals surface area contributed by atoms with Gasteiger partial charge in [-0.15, -0.1) is 0 Å². The molecule has 0 unspecified atom stereocenters. The van der Waals surface area contributed by atoms with Crippen LogP contribution in [0.15, 0.2) is 0 Å². The van der Waals surface area contributed by atoms with Gasteiger partial charge in [0.25, 0.3) is 0 Å². The highest BCUT2D eigenvalue weighted by Crippen LogP contribution is 2.31. The average Bonchev–Trinajstić information content (AvgIpc) is 1.59. The molecule has 1 fully saturated rings. The smallest absolute Gasteiger partial charge is 0.0438 e. The van der Waals surface area contributed by atoms with Gasteiger partial charge in [0, 0.05) is 0 Å². The maximum atomic E-state index is 2.38. The standard InChI is InChI=1S/C9H18/c1-7-4-8(2)6-9(3)5-7/h7-9H,4-6H2,1-3H3. The second kappa shape index (κ2) is 2.72. The van der Waals surface area contributed by atoms with E-state index in [1.807, 2.05) is 0 Å². The first-order chi connectivity index (χ1) is 4.18. The molecule has 0 saturated heterocycles. The highest BCUT2D eigenvalue weighted by molar-refractivity contribution is 4.71. The molecule has 1 aliphatic rings. The summed E-state index contributed by atoms with van der Waals surface area (Å²) in [6.07, 6.45) is 4.39. The minimum Gasteiger partial charge on any atom is -0.0625 e. The summed E-state index contributed by atoms with van der Waals surface area (Å²) in [6, 6.07) is 0. The molecular formula is C9H18. The topological polar surface area (TPSA) is 0 Å². The third-order valence-corrected chi connectivity index (χ3v) is 2.41. The van der Waals surface area contributed by atoms with Gasteiger partial charge in [-0.05, 0) is 37.0 Å². The molecule has 0 spiro atoms. The van der Waals surface area contributed by atoms with Gasteiger partial charge in [0.2, 0.25) is 0 Å². The van der Waals surface area contributed by atoms with Crippen molar-refractivity contribution in [3.8, 4) is 0 Å². The second-order valence-electron chi connectivity index (χ2n) is 4.02. The van der Waals surface area contributed by atoms with Crippen LogP contribution >= 0.6 is 0 Å². The zero-order valence-electron chi connectivity index (χ0n) is 6.85. The molecule has 0 nitrogen and oxygen atoms in total. The fourth-order valence-electron chi connectivity index (χ4n) is 2.35. The first-order valence-electron chi connectivity index (χ1n) is 4.18. The Morgan fingerprint density at radius 1 is 0.667 bits per heavy atom. The van der Waals surface area contributed by atoms with E-state index in [0.717, 1.165) is 17.8 Å². The minimum absolute atomic E-state index is 0.990. The van der Waals surface area contributed by atoms with E-state index in [9.17, 15) is 0 Å². The van der Waals surface area contributed by atoms with Crippen molar-refractivity contribution < 1.29 is 0 Å². The maximum absolute atomic E-state index is 2.38. The summed E-state index contributed by atoms with van der Waals surface area (Å²) in [5.74, 6) is 2.97. The van der Waals surface area contributed by atoms with E-state index in [1.54, 1.807) is 0 Å². The molecule has 0 bridgehead atoms. The van der Waals surface area contributed by atoms with Crippen LogP contribution in [-0.2, 0) is 0 Å². The lowest BCUT2D eigenvalue weighted by molar-refractivity contribution is 0.233. The molecule has 0 aromatic rings. The van der Waals surface area contributed by atoms with Crippen LogP contribution in [0.5, 0.6) is 0 Å². The molecule has 1 saturated carbocycles. The maximum Gasteiger partial charge on any atom is -0.0438 e. The molecule has 0 radical (unpaired) electrons. The highest BCUT2D eigenvalue weighted by atomic mass is 14.3. The van der Waals surface area contributed by atoms with Gasteiger partial charge in [0.05, 0.1) is 0 Å². The zero-order valence-corrected chi connectivity index (χ0v) is 6.85. The van der Waals surface area contributed by atoms with Gasteiger partial charge >= 0.3 is 0 Å². The Bertz CT molecular complexity index is 61.0. The van der Waals surface area contributed by atoms with Gasteiger partial charge in [-0.25, -0.2) is 0 Å². The molecule has 0 aliphatic heterocycles. The van der Waals surface area contributed by atoms with Crippen molar-refractivity contribution >= 4 is 0 Å². The van der Waals surface area contributed by atoms with Gasteiger partial charge in [-0.1, -0.05) is 20.8 Å². The van der Waals surface area contributed by atoms with Gasteiger partial charge < -0.3 is 0 Å². The Kier molecular flexibility index (Phi) is 2.15. The van der Waals surface area contributed by atoms with Crippen molar-refractivity contribution in [2.24, 2.45) is 17.8 Å². The van der Waals surface area contributed by atoms with Crippen LogP contribution in [0.3, 0.4) is 0 Å². The van der Waals surface area contributed by atoms with E-state index in [0.29, 0.717) is 0 Å². The van der Waals surface area contributed by atoms with Gasteiger partial charge in [-0.2, -0.15) is 0 Å². The van der Waals surface area contributed by atoms with Crippen molar-refractivity contribution in [1.82, 2.24) is 0 Å². The summed E-state index contributed by atoms with van der Waals surface area (Å²) in [5.41, 5.74) is 0. The fraction of sp³-hybridized carbons (Fsp3) is 1.00. The molecule has 9 heavy (non-hydrogen) atoms. The van der Waals surface area contributed by atoms with Gasteiger partial charge in [0.1, 0.15) is 0 Å². The first-order valence-corrected chi connectivity index (χ1v) is 4.18. The van der Waals surface area contributed by atoms with Crippen LogP contribution in [0, 0.1) is 17.8 Å². The van der Waals surface area contributed by atoms with Crippen molar-refractivity contribution in [2.75, 3.05) is 0 Å². The minimum atomic E-state index is 0.990. The lowest BCUT2D eigenvalue weighted by Gasteiger charge is -2.28. The molecule has 0 aromatic carbocycles. The van der Waals surface area contributed by atoms with E-state index in [-0.39, 0.29) is 0 Å². The predicted molar refractivity (Wildman–Crippen MR) is 41.3 cm³/mol. The van der Waals surface area contributed by atoms with Crippen LogP contribution in [0.4, 0.5) is 0 Å². The van der Waals surface area contributed by atoms with Gasteiger partial charge in [-0.3, -0.25) is 0 Å². The summed E-state index contributed by atoms with van der Waals surface area (Å²) in [4.78, 5) is 0. The summed E-state index contributed by atoms with van der Waals surface area (Å²) >= 11 is 0. The quantitative estimate of drug-likeness (QED) is 0.468. The van der Waals surface area contributed by atoms with E-state index in [4.69, 9.17) is 0 Å². The molecule has 0 amide bonds. The summed E-state index contributed by atoms with van der Waals surface area (Å²) in [6.45, 7) is 7.14. The van der Waals surface area contributed by atoms with Crippen molar-refractivity contribution in [3.63, 3.8) is 0 Å². The molecule has 0 atom stereocenters. The average molecular weight is 126 g/mol.